The fourth-order valence-electron chi connectivity index (χ4n) is 1.99. The molecule has 0 bridgehead atoms. The summed E-state index contributed by atoms with van der Waals surface area (Å²) >= 11 is 1.28. The van der Waals surface area contributed by atoms with Gasteiger partial charge in [0.15, 0.2) is 0 Å². The van der Waals surface area contributed by atoms with Crippen molar-refractivity contribution >= 4 is 27.1 Å². The first-order chi connectivity index (χ1) is 9.22. The van der Waals surface area contributed by atoms with Gasteiger partial charge in [0.05, 0.1) is 28.4 Å². The number of benzene rings is 1. The zero-order chi connectivity index (χ0) is 13.4. The van der Waals surface area contributed by atoms with Crippen LogP contribution in [0.1, 0.15) is 5.69 Å². The van der Waals surface area contributed by atoms with Crippen LogP contribution in [-0.4, -0.2) is 14.9 Å². The van der Waals surface area contributed by atoms with Gasteiger partial charge in [-0.1, -0.05) is 18.2 Å². The average Bonchev–Trinajstić information content (AvgIpc) is 2.83. The largest absolute Gasteiger partial charge is 0.390 e. The fraction of sp³-hybridized carbons (Fsp3) is 0.0769. The first kappa shape index (κ1) is 11.9. The molecule has 3 aromatic rings. The molecule has 0 fully saturated rings. The molecule has 96 valence electrons. The number of hydrogen-bond acceptors (Lipinski definition) is 5. The molecular formula is C13H11N3O2S. The van der Waals surface area contributed by atoms with Gasteiger partial charge in [0.25, 0.3) is 5.56 Å². The van der Waals surface area contributed by atoms with E-state index in [-0.39, 0.29) is 12.2 Å². The Morgan fingerprint density at radius 1 is 1.32 bits per heavy atom. The molecule has 0 spiro atoms. The van der Waals surface area contributed by atoms with Crippen LogP contribution in [0.25, 0.3) is 16.5 Å². The van der Waals surface area contributed by atoms with Gasteiger partial charge in [0, 0.05) is 10.8 Å². The standard InChI is InChI=1S/C13H11N3O2S/c14-12-11-9(7-19-12)10(6-17)15-16(13(11)18)8-4-2-1-3-5-8/h1-5,7,17H,6,14H2. The van der Waals surface area contributed by atoms with Crippen molar-refractivity contribution in [3.63, 3.8) is 0 Å². The lowest BCUT2D eigenvalue weighted by Crippen LogP contribution is -2.23. The molecular weight excluding hydrogens is 262 g/mol. The van der Waals surface area contributed by atoms with Crippen molar-refractivity contribution < 1.29 is 5.11 Å². The molecule has 0 aliphatic carbocycles. The third kappa shape index (κ3) is 1.81. The summed E-state index contributed by atoms with van der Waals surface area (Å²) in [4.78, 5) is 12.4. The Morgan fingerprint density at radius 3 is 2.74 bits per heavy atom. The summed E-state index contributed by atoms with van der Waals surface area (Å²) in [7, 11) is 0. The summed E-state index contributed by atoms with van der Waals surface area (Å²) in [5.74, 6) is 0. The summed E-state index contributed by atoms with van der Waals surface area (Å²) < 4.78 is 1.27. The Bertz CT molecular complexity index is 793. The lowest BCUT2D eigenvalue weighted by Gasteiger charge is -2.07. The zero-order valence-electron chi connectivity index (χ0n) is 9.91. The molecule has 0 saturated carbocycles. The predicted molar refractivity (Wildman–Crippen MR) is 75.6 cm³/mol. The van der Waals surface area contributed by atoms with Gasteiger partial charge in [0.2, 0.25) is 0 Å². The van der Waals surface area contributed by atoms with Crippen molar-refractivity contribution in [2.75, 3.05) is 5.73 Å². The van der Waals surface area contributed by atoms with Crippen LogP contribution in [0.4, 0.5) is 5.00 Å². The van der Waals surface area contributed by atoms with E-state index < -0.39 is 0 Å². The molecule has 0 atom stereocenters. The average molecular weight is 273 g/mol. The number of nitrogen functional groups attached to an aromatic ring is 1. The molecule has 5 nitrogen and oxygen atoms in total. The van der Waals surface area contributed by atoms with Gasteiger partial charge < -0.3 is 10.8 Å². The van der Waals surface area contributed by atoms with E-state index in [0.717, 1.165) is 0 Å². The number of fused-ring (bicyclic) bond motifs is 1. The number of anilines is 1. The number of aromatic nitrogens is 2. The molecule has 1 aromatic carbocycles. The number of nitrogens with two attached hydrogens (primary N) is 1. The van der Waals surface area contributed by atoms with Gasteiger partial charge >= 0.3 is 0 Å². The van der Waals surface area contributed by atoms with Crippen molar-refractivity contribution in [1.82, 2.24) is 9.78 Å². The second-order valence-electron chi connectivity index (χ2n) is 4.05. The minimum absolute atomic E-state index is 0.236. The molecule has 2 heterocycles. The molecule has 0 aliphatic rings. The summed E-state index contributed by atoms with van der Waals surface area (Å²) in [5, 5.41) is 16.8. The Morgan fingerprint density at radius 2 is 2.05 bits per heavy atom. The van der Waals surface area contributed by atoms with Crippen molar-refractivity contribution in [3.8, 4) is 5.69 Å². The number of aliphatic hydroxyl groups excluding tert-OH is 1. The van der Waals surface area contributed by atoms with E-state index in [2.05, 4.69) is 5.10 Å². The van der Waals surface area contributed by atoms with E-state index in [1.165, 1.54) is 16.0 Å². The highest BCUT2D eigenvalue weighted by Gasteiger charge is 2.15. The van der Waals surface area contributed by atoms with Crippen LogP contribution >= 0.6 is 11.3 Å². The summed E-state index contributed by atoms with van der Waals surface area (Å²) in [6.45, 7) is -0.236. The predicted octanol–water partition coefficient (Wildman–Crippen LogP) is 1.52. The van der Waals surface area contributed by atoms with E-state index in [9.17, 15) is 9.90 Å². The SMILES string of the molecule is Nc1scc2c(CO)nn(-c3ccccc3)c(=O)c12. The molecule has 0 amide bonds. The van der Waals surface area contributed by atoms with Crippen molar-refractivity contribution in [2.45, 2.75) is 6.61 Å². The van der Waals surface area contributed by atoms with Crippen molar-refractivity contribution in [1.29, 1.82) is 0 Å². The number of rotatable bonds is 2. The molecule has 3 N–H and O–H groups in total. The smallest absolute Gasteiger partial charge is 0.282 e. The Balaban J connectivity index is 2.41. The first-order valence-corrected chi connectivity index (χ1v) is 6.55. The van der Waals surface area contributed by atoms with Crippen LogP contribution in [0.5, 0.6) is 0 Å². The topological polar surface area (TPSA) is 81.1 Å². The lowest BCUT2D eigenvalue weighted by molar-refractivity contribution is 0.276. The van der Waals surface area contributed by atoms with E-state index in [1.807, 2.05) is 18.2 Å². The van der Waals surface area contributed by atoms with E-state index >= 15 is 0 Å². The Labute approximate surface area is 112 Å². The number of para-hydroxylation sites is 1. The first-order valence-electron chi connectivity index (χ1n) is 5.67. The van der Waals surface area contributed by atoms with Crippen LogP contribution in [0, 0.1) is 0 Å². The summed E-state index contributed by atoms with van der Waals surface area (Å²) in [6.07, 6.45) is 0. The molecule has 19 heavy (non-hydrogen) atoms. The Kier molecular flexibility index (Phi) is 2.81. The Hall–Kier alpha value is -2.18. The fourth-order valence-corrected chi connectivity index (χ4v) is 2.81. The molecule has 3 rings (SSSR count). The second-order valence-corrected chi connectivity index (χ2v) is 4.96. The molecule has 0 aliphatic heterocycles. The summed E-state index contributed by atoms with van der Waals surface area (Å²) in [5.41, 5.74) is 6.68. The maximum Gasteiger partial charge on any atom is 0.282 e. The van der Waals surface area contributed by atoms with E-state index in [0.29, 0.717) is 27.2 Å². The monoisotopic (exact) mass is 273 g/mol. The van der Waals surface area contributed by atoms with Gasteiger partial charge in [-0.05, 0) is 12.1 Å². The van der Waals surface area contributed by atoms with E-state index in [4.69, 9.17) is 5.73 Å². The normalized spacial score (nSPS) is 11.0. The second kappa shape index (κ2) is 4.49. The molecule has 0 unspecified atom stereocenters. The van der Waals surface area contributed by atoms with Crippen LogP contribution in [0.3, 0.4) is 0 Å². The van der Waals surface area contributed by atoms with Gasteiger partial charge in [-0.3, -0.25) is 4.79 Å². The van der Waals surface area contributed by atoms with Crippen LogP contribution in [0.2, 0.25) is 0 Å². The number of hydrogen-bond donors (Lipinski definition) is 2. The van der Waals surface area contributed by atoms with Crippen LogP contribution in [0.15, 0.2) is 40.5 Å². The van der Waals surface area contributed by atoms with Gasteiger partial charge in [-0.25, -0.2) is 0 Å². The van der Waals surface area contributed by atoms with Gasteiger partial charge in [0.1, 0.15) is 0 Å². The highest BCUT2D eigenvalue weighted by molar-refractivity contribution is 7.15. The molecule has 2 aromatic heterocycles. The van der Waals surface area contributed by atoms with E-state index in [1.54, 1.807) is 17.5 Å². The molecule has 0 radical (unpaired) electrons. The minimum atomic E-state index is -0.267. The van der Waals surface area contributed by atoms with Crippen molar-refractivity contribution in [3.05, 3.63) is 51.8 Å². The number of thiophene rings is 1. The van der Waals surface area contributed by atoms with Gasteiger partial charge in [-0.2, -0.15) is 9.78 Å². The van der Waals surface area contributed by atoms with Crippen LogP contribution < -0.4 is 11.3 Å². The van der Waals surface area contributed by atoms with Crippen LogP contribution in [-0.2, 0) is 6.61 Å². The minimum Gasteiger partial charge on any atom is -0.390 e. The summed E-state index contributed by atoms with van der Waals surface area (Å²) in [6, 6.07) is 9.07. The maximum absolute atomic E-state index is 12.4. The zero-order valence-corrected chi connectivity index (χ0v) is 10.7. The third-order valence-electron chi connectivity index (χ3n) is 2.91. The van der Waals surface area contributed by atoms with Gasteiger partial charge in [-0.15, -0.1) is 11.3 Å². The van der Waals surface area contributed by atoms with Crippen molar-refractivity contribution in [2.24, 2.45) is 0 Å². The quantitative estimate of drug-likeness (QED) is 0.741. The number of aliphatic hydroxyl groups is 1. The third-order valence-corrected chi connectivity index (χ3v) is 3.72. The molecule has 6 heteroatoms. The molecule has 0 saturated heterocycles. The highest BCUT2D eigenvalue weighted by atomic mass is 32.1. The number of nitrogens with zero attached hydrogens (tertiary/aromatic N) is 2. The highest BCUT2D eigenvalue weighted by Crippen LogP contribution is 2.27. The lowest BCUT2D eigenvalue weighted by atomic mass is 10.2. The maximum atomic E-state index is 12.4.